The smallest absolute Gasteiger partial charge is 0.191 e. The van der Waals surface area contributed by atoms with Gasteiger partial charge >= 0.3 is 0 Å². The highest BCUT2D eigenvalue weighted by Gasteiger charge is 2.11. The number of halogens is 1. The van der Waals surface area contributed by atoms with Crippen molar-refractivity contribution in [2.45, 2.75) is 39.5 Å². The average Bonchev–Trinajstić information content (AvgIpc) is 3.30. The summed E-state index contributed by atoms with van der Waals surface area (Å²) in [6.45, 7) is 9.59. The van der Waals surface area contributed by atoms with Crippen LogP contribution in [0.1, 0.15) is 38.0 Å². The molecule has 3 N–H and O–H groups in total. The standard InChI is InChI=1S/C25H34N4O2.HI/c1-4-26-25(27-17-20-9-7-11-22(15-20)29-13-5-6-14-29)28-18-24(30)21-10-8-12-23(16-21)31-19(2)3;/h5-12,15-16,19,24,30H,4,13-14,17-18H2,1-3H3,(H2,26,27,28);1H. The van der Waals surface area contributed by atoms with Gasteiger partial charge in [0, 0.05) is 31.9 Å². The lowest BCUT2D eigenvalue weighted by atomic mass is 10.1. The summed E-state index contributed by atoms with van der Waals surface area (Å²) in [4.78, 5) is 7.02. The van der Waals surface area contributed by atoms with Gasteiger partial charge in [0.25, 0.3) is 0 Å². The number of aliphatic imine (C=N–C) groups is 1. The number of nitrogens with zero attached hydrogens (tertiary/aromatic N) is 2. The van der Waals surface area contributed by atoms with Crippen molar-refractivity contribution >= 4 is 35.6 Å². The number of benzene rings is 2. The summed E-state index contributed by atoms with van der Waals surface area (Å²) in [5.41, 5.74) is 3.18. The van der Waals surface area contributed by atoms with Gasteiger partial charge in [0.1, 0.15) is 5.75 Å². The van der Waals surface area contributed by atoms with Gasteiger partial charge in [-0.15, -0.1) is 24.0 Å². The lowest BCUT2D eigenvalue weighted by molar-refractivity contribution is 0.179. The van der Waals surface area contributed by atoms with Crippen LogP contribution in [0.15, 0.2) is 65.7 Å². The van der Waals surface area contributed by atoms with E-state index in [4.69, 9.17) is 9.73 Å². The Balaban J connectivity index is 0.00000363. The van der Waals surface area contributed by atoms with E-state index in [-0.39, 0.29) is 30.1 Å². The normalized spacial score (nSPS) is 14.3. The average molecular weight is 550 g/mol. The van der Waals surface area contributed by atoms with E-state index in [1.54, 1.807) is 0 Å². The Morgan fingerprint density at radius 3 is 2.56 bits per heavy atom. The number of aliphatic hydroxyl groups is 1. The van der Waals surface area contributed by atoms with Crippen LogP contribution in [0.5, 0.6) is 5.75 Å². The highest BCUT2D eigenvalue weighted by Crippen LogP contribution is 2.20. The molecule has 3 rings (SSSR count). The highest BCUT2D eigenvalue weighted by molar-refractivity contribution is 14.0. The summed E-state index contributed by atoms with van der Waals surface area (Å²) in [6.07, 6.45) is 3.81. The summed E-state index contributed by atoms with van der Waals surface area (Å²) < 4.78 is 5.73. The Labute approximate surface area is 208 Å². The third-order valence-corrected chi connectivity index (χ3v) is 4.94. The molecule has 0 radical (unpaired) electrons. The van der Waals surface area contributed by atoms with Crippen LogP contribution < -0.4 is 20.3 Å². The zero-order chi connectivity index (χ0) is 22.1. The molecule has 174 valence electrons. The lowest BCUT2D eigenvalue weighted by Crippen LogP contribution is -2.39. The van der Waals surface area contributed by atoms with Crippen molar-refractivity contribution in [2.75, 3.05) is 31.1 Å². The maximum atomic E-state index is 10.6. The maximum absolute atomic E-state index is 10.6. The van der Waals surface area contributed by atoms with Gasteiger partial charge in [-0.05, 0) is 56.2 Å². The van der Waals surface area contributed by atoms with Crippen molar-refractivity contribution in [1.29, 1.82) is 0 Å². The zero-order valence-corrected chi connectivity index (χ0v) is 21.5. The molecule has 1 heterocycles. The van der Waals surface area contributed by atoms with E-state index >= 15 is 0 Å². The first-order valence-corrected chi connectivity index (χ1v) is 11.0. The Morgan fingerprint density at radius 2 is 1.84 bits per heavy atom. The van der Waals surface area contributed by atoms with Gasteiger partial charge in [-0.2, -0.15) is 0 Å². The largest absolute Gasteiger partial charge is 0.491 e. The Morgan fingerprint density at radius 1 is 1.09 bits per heavy atom. The second-order valence-electron chi connectivity index (χ2n) is 7.88. The third kappa shape index (κ3) is 8.02. The molecule has 1 unspecified atom stereocenters. The number of ether oxygens (including phenoxy) is 1. The fraction of sp³-hybridized carbons (Fsp3) is 0.400. The third-order valence-electron chi connectivity index (χ3n) is 4.94. The molecule has 1 aliphatic heterocycles. The van der Waals surface area contributed by atoms with Crippen molar-refractivity contribution in [3.63, 3.8) is 0 Å². The number of hydrogen-bond acceptors (Lipinski definition) is 4. The molecular formula is C25H35IN4O2. The monoisotopic (exact) mass is 550 g/mol. The number of guanidine groups is 1. The second-order valence-corrected chi connectivity index (χ2v) is 7.88. The van der Waals surface area contributed by atoms with Gasteiger partial charge in [0.2, 0.25) is 0 Å². The SMILES string of the molecule is CCNC(=NCc1cccc(N2CC=CC2)c1)NCC(O)c1cccc(OC(C)C)c1.I. The molecular weight excluding hydrogens is 515 g/mol. The van der Waals surface area contributed by atoms with Crippen LogP contribution in [0, 0.1) is 0 Å². The van der Waals surface area contributed by atoms with E-state index in [1.165, 1.54) is 5.69 Å². The van der Waals surface area contributed by atoms with Crippen LogP contribution in [-0.4, -0.2) is 43.3 Å². The van der Waals surface area contributed by atoms with E-state index in [9.17, 15) is 5.11 Å². The predicted molar refractivity (Wildman–Crippen MR) is 143 cm³/mol. The van der Waals surface area contributed by atoms with E-state index in [2.05, 4.69) is 52.0 Å². The minimum atomic E-state index is -0.662. The van der Waals surface area contributed by atoms with Gasteiger partial charge in [-0.1, -0.05) is 36.4 Å². The molecule has 0 fully saturated rings. The fourth-order valence-electron chi connectivity index (χ4n) is 3.43. The summed E-state index contributed by atoms with van der Waals surface area (Å²) in [5, 5.41) is 17.1. The van der Waals surface area contributed by atoms with Crippen LogP contribution >= 0.6 is 24.0 Å². The minimum absolute atomic E-state index is 0. The van der Waals surface area contributed by atoms with Crippen molar-refractivity contribution < 1.29 is 9.84 Å². The summed E-state index contributed by atoms with van der Waals surface area (Å²) >= 11 is 0. The number of aliphatic hydroxyl groups excluding tert-OH is 1. The van der Waals surface area contributed by atoms with Gasteiger partial charge in [0.05, 0.1) is 18.8 Å². The fourth-order valence-corrected chi connectivity index (χ4v) is 3.43. The van der Waals surface area contributed by atoms with E-state index in [0.29, 0.717) is 19.0 Å². The molecule has 0 amide bonds. The molecule has 6 nitrogen and oxygen atoms in total. The van der Waals surface area contributed by atoms with Gasteiger partial charge in [-0.3, -0.25) is 0 Å². The molecule has 0 aromatic heterocycles. The van der Waals surface area contributed by atoms with Crippen molar-refractivity contribution in [2.24, 2.45) is 4.99 Å². The van der Waals surface area contributed by atoms with Gasteiger partial charge in [-0.25, -0.2) is 4.99 Å². The highest BCUT2D eigenvalue weighted by atomic mass is 127. The van der Waals surface area contributed by atoms with Crippen LogP contribution in [0.3, 0.4) is 0 Å². The number of hydrogen-bond donors (Lipinski definition) is 3. The number of anilines is 1. The van der Waals surface area contributed by atoms with E-state index in [0.717, 1.165) is 36.5 Å². The van der Waals surface area contributed by atoms with E-state index < -0.39 is 6.10 Å². The second kappa shape index (κ2) is 13.3. The van der Waals surface area contributed by atoms with E-state index in [1.807, 2.05) is 45.0 Å². The van der Waals surface area contributed by atoms with Crippen LogP contribution in [0.2, 0.25) is 0 Å². The molecule has 2 aromatic rings. The first-order chi connectivity index (χ1) is 15.0. The van der Waals surface area contributed by atoms with Crippen molar-refractivity contribution in [3.8, 4) is 5.75 Å². The van der Waals surface area contributed by atoms with Gasteiger partial charge in [0.15, 0.2) is 5.96 Å². The number of rotatable bonds is 9. The molecule has 0 spiro atoms. The topological polar surface area (TPSA) is 69.1 Å². The molecule has 0 saturated heterocycles. The Kier molecular flexibility index (Phi) is 10.8. The maximum Gasteiger partial charge on any atom is 0.191 e. The Hall–Kier alpha value is -2.26. The summed E-state index contributed by atoms with van der Waals surface area (Å²) in [7, 11) is 0. The first kappa shape index (κ1) is 26.0. The first-order valence-electron chi connectivity index (χ1n) is 11.0. The molecule has 0 aliphatic carbocycles. The van der Waals surface area contributed by atoms with Crippen LogP contribution in [0.25, 0.3) is 0 Å². The molecule has 0 saturated carbocycles. The molecule has 2 aromatic carbocycles. The Bertz CT molecular complexity index is 893. The quantitative estimate of drug-likeness (QED) is 0.189. The van der Waals surface area contributed by atoms with Crippen LogP contribution in [-0.2, 0) is 6.54 Å². The summed E-state index contributed by atoms with van der Waals surface area (Å²) in [5.74, 6) is 1.45. The predicted octanol–water partition coefficient (Wildman–Crippen LogP) is 4.26. The molecule has 7 heteroatoms. The van der Waals surface area contributed by atoms with Crippen molar-refractivity contribution in [3.05, 3.63) is 71.8 Å². The van der Waals surface area contributed by atoms with Gasteiger partial charge < -0.3 is 25.4 Å². The molecule has 0 bridgehead atoms. The number of nitrogens with one attached hydrogen (secondary N) is 2. The molecule has 1 aliphatic rings. The lowest BCUT2D eigenvalue weighted by Gasteiger charge is -2.18. The summed E-state index contributed by atoms with van der Waals surface area (Å²) in [6, 6.07) is 16.1. The molecule has 1 atom stereocenters. The minimum Gasteiger partial charge on any atom is -0.491 e. The molecule has 32 heavy (non-hydrogen) atoms. The zero-order valence-electron chi connectivity index (χ0n) is 19.1. The van der Waals surface area contributed by atoms with Crippen LogP contribution in [0.4, 0.5) is 5.69 Å². The van der Waals surface area contributed by atoms with Crippen molar-refractivity contribution in [1.82, 2.24) is 10.6 Å².